The lowest BCUT2D eigenvalue weighted by Gasteiger charge is -2.19. The van der Waals surface area contributed by atoms with Gasteiger partial charge < -0.3 is 18.9 Å². The molecule has 150 valence electrons. The van der Waals surface area contributed by atoms with Gasteiger partial charge in [-0.25, -0.2) is 4.79 Å². The summed E-state index contributed by atoms with van der Waals surface area (Å²) in [6, 6.07) is 7.08. The Morgan fingerprint density at radius 3 is 2.26 bits per heavy atom. The SMILES string of the molecule is C#CCCCCOCCOCCOc1ccc(NC(=O)OC(C)(C)C)cc1. The van der Waals surface area contributed by atoms with Crippen LogP contribution in [0.1, 0.15) is 40.0 Å². The van der Waals surface area contributed by atoms with Crippen molar-refractivity contribution in [3.63, 3.8) is 0 Å². The van der Waals surface area contributed by atoms with Crippen molar-refractivity contribution in [1.82, 2.24) is 0 Å². The van der Waals surface area contributed by atoms with Gasteiger partial charge in [0.15, 0.2) is 0 Å². The molecule has 0 radical (unpaired) electrons. The van der Waals surface area contributed by atoms with Crippen molar-refractivity contribution >= 4 is 11.8 Å². The summed E-state index contributed by atoms with van der Waals surface area (Å²) in [5.41, 5.74) is 0.118. The van der Waals surface area contributed by atoms with Crippen molar-refractivity contribution in [3.05, 3.63) is 24.3 Å². The van der Waals surface area contributed by atoms with E-state index in [-0.39, 0.29) is 0 Å². The monoisotopic (exact) mass is 377 g/mol. The first kappa shape index (κ1) is 22.8. The summed E-state index contributed by atoms with van der Waals surface area (Å²) in [5, 5.41) is 2.67. The first-order valence-electron chi connectivity index (χ1n) is 9.22. The largest absolute Gasteiger partial charge is 0.491 e. The van der Waals surface area contributed by atoms with Gasteiger partial charge in [0.25, 0.3) is 0 Å². The average molecular weight is 377 g/mol. The fourth-order valence-electron chi connectivity index (χ4n) is 2.03. The molecule has 6 heteroatoms. The summed E-state index contributed by atoms with van der Waals surface area (Å²) in [7, 11) is 0. The zero-order valence-electron chi connectivity index (χ0n) is 16.6. The van der Waals surface area contributed by atoms with E-state index in [1.807, 2.05) is 20.8 Å². The van der Waals surface area contributed by atoms with Crippen molar-refractivity contribution in [3.8, 4) is 18.1 Å². The molecule has 0 aromatic heterocycles. The number of amides is 1. The molecule has 0 saturated heterocycles. The summed E-state index contributed by atoms with van der Waals surface area (Å²) in [4.78, 5) is 11.7. The van der Waals surface area contributed by atoms with Crippen molar-refractivity contribution in [2.45, 2.75) is 45.6 Å². The standard InChI is InChI=1S/C21H31NO5/c1-5-6-7-8-13-24-14-15-25-16-17-26-19-11-9-18(10-12-19)22-20(23)27-21(2,3)4/h1,9-12H,6-8,13-17H2,2-4H3,(H,22,23). The highest BCUT2D eigenvalue weighted by Gasteiger charge is 2.16. The highest BCUT2D eigenvalue weighted by Crippen LogP contribution is 2.17. The van der Waals surface area contributed by atoms with Gasteiger partial charge in [-0.05, 0) is 57.9 Å². The van der Waals surface area contributed by atoms with E-state index in [9.17, 15) is 4.79 Å². The first-order valence-corrected chi connectivity index (χ1v) is 9.22. The number of carbonyl (C=O) groups is 1. The highest BCUT2D eigenvalue weighted by atomic mass is 16.6. The number of unbranched alkanes of at least 4 members (excludes halogenated alkanes) is 2. The Morgan fingerprint density at radius 1 is 1.00 bits per heavy atom. The van der Waals surface area contributed by atoms with Crippen LogP contribution in [0, 0.1) is 12.3 Å². The van der Waals surface area contributed by atoms with Crippen LogP contribution in [-0.2, 0) is 14.2 Å². The smallest absolute Gasteiger partial charge is 0.412 e. The van der Waals surface area contributed by atoms with Crippen molar-refractivity contribution in [2.24, 2.45) is 0 Å². The minimum atomic E-state index is -0.528. The molecule has 1 aromatic carbocycles. The first-order chi connectivity index (χ1) is 12.9. The van der Waals surface area contributed by atoms with Gasteiger partial charge in [-0.15, -0.1) is 12.3 Å². The lowest BCUT2D eigenvalue weighted by atomic mass is 10.2. The molecular weight excluding hydrogens is 346 g/mol. The van der Waals surface area contributed by atoms with Crippen LogP contribution in [0.15, 0.2) is 24.3 Å². The molecule has 0 saturated carbocycles. The number of anilines is 1. The summed E-state index contributed by atoms with van der Waals surface area (Å²) >= 11 is 0. The van der Waals surface area contributed by atoms with Crippen molar-refractivity contribution in [2.75, 3.05) is 38.4 Å². The number of nitrogens with one attached hydrogen (secondary N) is 1. The van der Waals surface area contributed by atoms with Gasteiger partial charge in [0.1, 0.15) is 18.0 Å². The van der Waals surface area contributed by atoms with Gasteiger partial charge in [-0.1, -0.05) is 0 Å². The molecule has 0 unspecified atom stereocenters. The Labute approximate surface area is 162 Å². The molecular formula is C21H31NO5. The van der Waals surface area contributed by atoms with E-state index in [0.717, 1.165) is 19.3 Å². The van der Waals surface area contributed by atoms with Crippen LogP contribution in [0.25, 0.3) is 0 Å². The highest BCUT2D eigenvalue weighted by molar-refractivity contribution is 5.84. The minimum absolute atomic E-state index is 0.445. The Balaban J connectivity index is 2.08. The van der Waals surface area contributed by atoms with E-state index in [1.165, 1.54) is 0 Å². The van der Waals surface area contributed by atoms with Gasteiger partial charge in [-0.2, -0.15) is 0 Å². The Bertz CT molecular complexity index is 572. The third-order valence-electron chi connectivity index (χ3n) is 3.23. The Kier molecular flexibility index (Phi) is 11.0. The summed E-state index contributed by atoms with van der Waals surface area (Å²) in [6.07, 6.45) is 7.47. The van der Waals surface area contributed by atoms with Gasteiger partial charge >= 0.3 is 6.09 Å². The quantitative estimate of drug-likeness (QED) is 0.436. The molecule has 6 nitrogen and oxygen atoms in total. The summed E-state index contributed by atoms with van der Waals surface area (Å²) in [6.45, 7) is 8.21. The lowest BCUT2D eigenvalue weighted by molar-refractivity contribution is 0.0354. The van der Waals surface area contributed by atoms with Crippen LogP contribution in [0.3, 0.4) is 0 Å². The maximum atomic E-state index is 11.7. The number of hydrogen-bond acceptors (Lipinski definition) is 5. The normalized spacial score (nSPS) is 10.9. The van der Waals surface area contributed by atoms with E-state index in [1.54, 1.807) is 24.3 Å². The number of hydrogen-bond donors (Lipinski definition) is 1. The van der Waals surface area contributed by atoms with E-state index in [0.29, 0.717) is 44.5 Å². The molecule has 1 amide bonds. The number of benzene rings is 1. The fourth-order valence-corrected chi connectivity index (χ4v) is 2.03. The van der Waals surface area contributed by atoms with Gasteiger partial charge in [0, 0.05) is 18.7 Å². The molecule has 1 N–H and O–H groups in total. The minimum Gasteiger partial charge on any atom is -0.491 e. The second-order valence-electron chi connectivity index (χ2n) is 6.89. The molecule has 0 aliphatic heterocycles. The maximum absolute atomic E-state index is 11.7. The summed E-state index contributed by atoms with van der Waals surface area (Å²) < 4.78 is 21.7. The van der Waals surface area contributed by atoms with E-state index in [2.05, 4.69) is 11.2 Å². The molecule has 0 spiro atoms. The zero-order chi connectivity index (χ0) is 20.0. The van der Waals surface area contributed by atoms with Gasteiger partial charge in [-0.3, -0.25) is 5.32 Å². The third-order valence-corrected chi connectivity index (χ3v) is 3.23. The molecule has 0 fully saturated rings. The van der Waals surface area contributed by atoms with Gasteiger partial charge in [0.05, 0.1) is 19.8 Å². The molecule has 0 bridgehead atoms. The second-order valence-corrected chi connectivity index (χ2v) is 6.89. The molecule has 0 atom stereocenters. The van der Waals surface area contributed by atoms with Crippen LogP contribution in [0.2, 0.25) is 0 Å². The number of carbonyl (C=O) groups excluding carboxylic acids is 1. The van der Waals surface area contributed by atoms with Crippen LogP contribution in [0.4, 0.5) is 10.5 Å². The van der Waals surface area contributed by atoms with E-state index < -0.39 is 11.7 Å². The lowest BCUT2D eigenvalue weighted by Crippen LogP contribution is -2.27. The fraction of sp³-hybridized carbons (Fsp3) is 0.571. The van der Waals surface area contributed by atoms with Crippen LogP contribution >= 0.6 is 0 Å². The topological polar surface area (TPSA) is 66.0 Å². The molecule has 1 rings (SSSR count). The molecule has 27 heavy (non-hydrogen) atoms. The maximum Gasteiger partial charge on any atom is 0.412 e. The van der Waals surface area contributed by atoms with Crippen LogP contribution in [-0.4, -0.2) is 44.7 Å². The average Bonchev–Trinajstić information content (AvgIpc) is 2.59. The van der Waals surface area contributed by atoms with Crippen LogP contribution in [0.5, 0.6) is 5.75 Å². The zero-order valence-corrected chi connectivity index (χ0v) is 16.6. The Morgan fingerprint density at radius 2 is 1.63 bits per heavy atom. The second kappa shape index (κ2) is 13.0. The predicted molar refractivity (Wildman–Crippen MR) is 106 cm³/mol. The Hall–Kier alpha value is -2.23. The third kappa shape index (κ3) is 12.7. The van der Waals surface area contributed by atoms with Crippen molar-refractivity contribution < 1.29 is 23.7 Å². The molecule has 1 aromatic rings. The van der Waals surface area contributed by atoms with Crippen LogP contribution < -0.4 is 10.1 Å². The molecule has 0 heterocycles. The van der Waals surface area contributed by atoms with E-state index in [4.69, 9.17) is 25.4 Å². The summed E-state index contributed by atoms with van der Waals surface area (Å²) in [5.74, 6) is 3.31. The molecule has 0 aliphatic rings. The van der Waals surface area contributed by atoms with Crippen molar-refractivity contribution in [1.29, 1.82) is 0 Å². The van der Waals surface area contributed by atoms with E-state index >= 15 is 0 Å². The number of terminal acetylenes is 1. The number of ether oxygens (including phenoxy) is 4. The van der Waals surface area contributed by atoms with Gasteiger partial charge in [0.2, 0.25) is 0 Å². The molecule has 0 aliphatic carbocycles. The predicted octanol–water partition coefficient (Wildman–Crippen LogP) is 4.25. The number of rotatable bonds is 12.